The van der Waals surface area contributed by atoms with Crippen molar-refractivity contribution in [3.8, 4) is 0 Å². The van der Waals surface area contributed by atoms with Crippen molar-refractivity contribution in [1.29, 1.82) is 0 Å². The SMILES string of the molecule is [B]c1ccc2ncc(C(=O)C3CC3)c(Nc3ccc(CN4CCCC4)nc3)c2c1. The number of benzene rings is 1. The summed E-state index contributed by atoms with van der Waals surface area (Å²) in [4.78, 5) is 24.4. The summed E-state index contributed by atoms with van der Waals surface area (Å²) in [7, 11) is 6.02. The van der Waals surface area contributed by atoms with Crippen molar-refractivity contribution in [2.75, 3.05) is 18.4 Å². The molecule has 1 aliphatic heterocycles. The Morgan fingerprint density at radius 3 is 2.66 bits per heavy atom. The Labute approximate surface area is 172 Å². The average molecular weight is 382 g/mol. The third-order valence-corrected chi connectivity index (χ3v) is 5.78. The fourth-order valence-electron chi connectivity index (χ4n) is 4.00. The maximum absolute atomic E-state index is 12.9. The molecule has 1 aromatic carbocycles. The molecule has 1 N–H and O–H groups in total. The highest BCUT2D eigenvalue weighted by molar-refractivity contribution is 6.33. The second kappa shape index (κ2) is 7.60. The number of pyridine rings is 2. The predicted molar refractivity (Wildman–Crippen MR) is 116 cm³/mol. The Bertz CT molecular complexity index is 1060. The van der Waals surface area contributed by atoms with Gasteiger partial charge in [-0.15, -0.1) is 0 Å². The van der Waals surface area contributed by atoms with Crippen LogP contribution in [0, 0.1) is 5.92 Å². The molecule has 0 atom stereocenters. The zero-order valence-corrected chi connectivity index (χ0v) is 16.4. The maximum Gasteiger partial charge on any atom is 0.169 e. The first kappa shape index (κ1) is 18.3. The Kier molecular flexibility index (Phi) is 4.80. The molecule has 0 unspecified atom stereocenters. The quantitative estimate of drug-likeness (QED) is 0.523. The average Bonchev–Trinajstić information content (AvgIpc) is 3.46. The van der Waals surface area contributed by atoms with Crippen molar-refractivity contribution >= 4 is 41.4 Å². The lowest BCUT2D eigenvalue weighted by Gasteiger charge is -2.16. The zero-order valence-electron chi connectivity index (χ0n) is 16.4. The summed E-state index contributed by atoms with van der Waals surface area (Å²) in [5, 5.41) is 4.29. The van der Waals surface area contributed by atoms with Crippen LogP contribution >= 0.6 is 0 Å². The third kappa shape index (κ3) is 3.90. The van der Waals surface area contributed by atoms with Gasteiger partial charge in [-0.2, -0.15) is 0 Å². The Morgan fingerprint density at radius 2 is 1.93 bits per heavy atom. The number of likely N-dealkylation sites (tertiary alicyclic amines) is 1. The van der Waals surface area contributed by atoms with E-state index in [1.54, 1.807) is 6.20 Å². The summed E-state index contributed by atoms with van der Waals surface area (Å²) in [6.07, 6.45) is 8.00. The molecule has 6 heteroatoms. The van der Waals surface area contributed by atoms with Gasteiger partial charge in [0.05, 0.1) is 34.3 Å². The van der Waals surface area contributed by atoms with Gasteiger partial charge in [0.25, 0.3) is 0 Å². The van der Waals surface area contributed by atoms with Crippen LogP contribution in [0.25, 0.3) is 10.9 Å². The fourth-order valence-corrected chi connectivity index (χ4v) is 4.00. The summed E-state index contributed by atoms with van der Waals surface area (Å²) in [6.45, 7) is 3.19. The van der Waals surface area contributed by atoms with E-state index in [1.165, 1.54) is 12.8 Å². The number of nitrogens with zero attached hydrogens (tertiary/aromatic N) is 3. The van der Waals surface area contributed by atoms with Crippen molar-refractivity contribution in [2.24, 2.45) is 5.92 Å². The largest absolute Gasteiger partial charge is 0.353 e. The van der Waals surface area contributed by atoms with Crippen molar-refractivity contribution in [3.05, 3.63) is 54.0 Å². The first-order valence-corrected chi connectivity index (χ1v) is 10.3. The summed E-state index contributed by atoms with van der Waals surface area (Å²) >= 11 is 0. The molecule has 0 spiro atoms. The summed E-state index contributed by atoms with van der Waals surface area (Å²) in [6, 6.07) is 9.68. The van der Waals surface area contributed by atoms with Gasteiger partial charge in [-0.3, -0.25) is 19.7 Å². The first-order valence-electron chi connectivity index (χ1n) is 10.3. The Balaban J connectivity index is 1.47. The zero-order chi connectivity index (χ0) is 19.8. The van der Waals surface area contributed by atoms with Gasteiger partial charge in [-0.1, -0.05) is 17.6 Å². The molecule has 29 heavy (non-hydrogen) atoms. The number of carbonyl (C=O) groups excluding carboxylic acids is 1. The lowest BCUT2D eigenvalue weighted by molar-refractivity contribution is 0.0968. The van der Waals surface area contributed by atoms with Crippen LogP contribution in [0.4, 0.5) is 11.4 Å². The van der Waals surface area contributed by atoms with E-state index in [-0.39, 0.29) is 11.7 Å². The van der Waals surface area contributed by atoms with E-state index in [2.05, 4.69) is 26.3 Å². The number of nitrogens with one attached hydrogen (secondary N) is 1. The molecule has 1 saturated carbocycles. The summed E-state index contributed by atoms with van der Waals surface area (Å²) in [5.41, 5.74) is 4.79. The molecule has 2 radical (unpaired) electrons. The molecule has 2 aromatic heterocycles. The molecule has 3 heterocycles. The van der Waals surface area contributed by atoms with E-state index in [0.29, 0.717) is 11.0 Å². The topological polar surface area (TPSA) is 58.1 Å². The lowest BCUT2D eigenvalue weighted by atomic mass is 9.93. The van der Waals surface area contributed by atoms with E-state index < -0.39 is 0 Å². The monoisotopic (exact) mass is 382 g/mol. The molecule has 2 fully saturated rings. The van der Waals surface area contributed by atoms with Gasteiger partial charge < -0.3 is 5.32 Å². The van der Waals surface area contributed by atoms with E-state index in [1.807, 2.05) is 30.5 Å². The van der Waals surface area contributed by atoms with Crippen molar-refractivity contribution in [1.82, 2.24) is 14.9 Å². The number of hydrogen-bond donors (Lipinski definition) is 1. The third-order valence-electron chi connectivity index (χ3n) is 5.78. The molecule has 144 valence electrons. The lowest BCUT2D eigenvalue weighted by Crippen LogP contribution is -2.19. The molecule has 5 rings (SSSR count). The first-order chi connectivity index (χ1) is 14.2. The van der Waals surface area contributed by atoms with Crippen molar-refractivity contribution < 1.29 is 4.79 Å². The van der Waals surface area contributed by atoms with E-state index in [9.17, 15) is 4.79 Å². The van der Waals surface area contributed by atoms with Gasteiger partial charge in [0.15, 0.2) is 5.78 Å². The second-order valence-corrected chi connectivity index (χ2v) is 8.11. The number of rotatable bonds is 6. The van der Waals surface area contributed by atoms with Crippen molar-refractivity contribution in [3.63, 3.8) is 0 Å². The number of aromatic nitrogens is 2. The number of anilines is 2. The Morgan fingerprint density at radius 1 is 1.10 bits per heavy atom. The van der Waals surface area contributed by atoms with Crippen LogP contribution in [0.3, 0.4) is 0 Å². The highest BCUT2D eigenvalue weighted by atomic mass is 16.1. The van der Waals surface area contributed by atoms with Crippen LogP contribution in [-0.4, -0.2) is 41.6 Å². The molecule has 5 nitrogen and oxygen atoms in total. The van der Waals surface area contributed by atoms with Gasteiger partial charge in [0.2, 0.25) is 0 Å². The molecule has 3 aromatic rings. The smallest absolute Gasteiger partial charge is 0.169 e. The van der Waals surface area contributed by atoms with Gasteiger partial charge >= 0.3 is 0 Å². The second-order valence-electron chi connectivity index (χ2n) is 8.11. The highest BCUT2D eigenvalue weighted by Crippen LogP contribution is 2.37. The fraction of sp³-hybridized carbons (Fsp3) is 0.348. The van der Waals surface area contributed by atoms with Crippen LogP contribution in [0.5, 0.6) is 0 Å². The predicted octanol–water partition coefficient (Wildman–Crippen LogP) is 3.36. The van der Waals surface area contributed by atoms with Crippen LogP contribution in [0.15, 0.2) is 42.7 Å². The molecular formula is C23H23BN4O. The minimum absolute atomic E-state index is 0.122. The highest BCUT2D eigenvalue weighted by Gasteiger charge is 2.32. The maximum atomic E-state index is 12.9. The molecule has 0 amide bonds. The summed E-state index contributed by atoms with van der Waals surface area (Å²) < 4.78 is 0. The number of fused-ring (bicyclic) bond motifs is 1. The standard InChI is InChI=1S/C23H23BN4O/c24-16-5-8-21-19(11-16)22(20(13-26-21)23(29)15-3-4-15)27-17-6-7-18(25-12-17)14-28-9-1-2-10-28/h5-8,11-13,15H,1-4,9-10,14H2,(H,26,27). The minimum Gasteiger partial charge on any atom is -0.353 e. The Hall–Kier alpha value is -2.73. The minimum atomic E-state index is 0.122. The van der Waals surface area contributed by atoms with E-state index in [0.717, 1.165) is 60.4 Å². The molecule has 1 saturated heterocycles. The van der Waals surface area contributed by atoms with Crippen molar-refractivity contribution in [2.45, 2.75) is 32.2 Å². The van der Waals surface area contributed by atoms with E-state index in [4.69, 9.17) is 7.85 Å². The molecule has 2 aliphatic rings. The number of ketones is 1. The van der Waals surface area contributed by atoms with Crippen LogP contribution < -0.4 is 10.8 Å². The van der Waals surface area contributed by atoms with Gasteiger partial charge in [0.1, 0.15) is 7.85 Å². The summed E-state index contributed by atoms with van der Waals surface area (Å²) in [5.74, 6) is 0.278. The van der Waals surface area contributed by atoms with Gasteiger partial charge in [0, 0.05) is 24.0 Å². The van der Waals surface area contributed by atoms with Crippen LogP contribution in [0.2, 0.25) is 0 Å². The molecule has 0 bridgehead atoms. The van der Waals surface area contributed by atoms with Gasteiger partial charge in [-0.05, 0) is 57.0 Å². The number of Topliss-reactive ketones (excluding diaryl/α,β-unsaturated/α-hetero) is 1. The van der Waals surface area contributed by atoms with E-state index >= 15 is 0 Å². The number of hydrogen-bond acceptors (Lipinski definition) is 5. The van der Waals surface area contributed by atoms with Crippen LogP contribution in [0.1, 0.15) is 41.7 Å². The normalized spacial score (nSPS) is 17.0. The molecular weight excluding hydrogens is 359 g/mol. The molecule has 1 aliphatic carbocycles. The van der Waals surface area contributed by atoms with Crippen LogP contribution in [-0.2, 0) is 6.54 Å². The number of carbonyl (C=O) groups is 1. The van der Waals surface area contributed by atoms with Gasteiger partial charge in [-0.25, -0.2) is 0 Å².